The maximum absolute atomic E-state index is 11.8. The summed E-state index contributed by atoms with van der Waals surface area (Å²) in [5.74, 6) is 1.54. The first-order valence-corrected chi connectivity index (χ1v) is 10.0. The molecule has 0 saturated carbocycles. The van der Waals surface area contributed by atoms with Crippen molar-refractivity contribution in [2.24, 2.45) is 5.73 Å². The average Bonchev–Trinajstić information content (AvgIpc) is 3.20. The van der Waals surface area contributed by atoms with Gasteiger partial charge in [-0.3, -0.25) is 9.69 Å². The maximum Gasteiger partial charge on any atom is 0.236 e. The first kappa shape index (κ1) is 19.2. The summed E-state index contributed by atoms with van der Waals surface area (Å²) in [5.41, 5.74) is 8.02. The third kappa shape index (κ3) is 4.57. The second-order valence-corrected chi connectivity index (χ2v) is 7.80. The van der Waals surface area contributed by atoms with Gasteiger partial charge in [0.15, 0.2) is 0 Å². The van der Waals surface area contributed by atoms with Gasteiger partial charge in [-0.15, -0.1) is 0 Å². The van der Waals surface area contributed by atoms with E-state index in [2.05, 4.69) is 36.9 Å². The van der Waals surface area contributed by atoms with Crippen molar-refractivity contribution >= 4 is 5.91 Å². The minimum absolute atomic E-state index is 0.0586. The van der Waals surface area contributed by atoms with Crippen LogP contribution in [0.25, 0.3) is 0 Å². The molecule has 5 heteroatoms. The van der Waals surface area contributed by atoms with Crippen LogP contribution in [-0.2, 0) is 4.79 Å². The fraction of sp³-hybridized carbons (Fsp3) is 0.667. The molecule has 2 aliphatic rings. The molecule has 2 fully saturated rings. The largest absolute Gasteiger partial charge is 0.492 e. The van der Waals surface area contributed by atoms with Gasteiger partial charge in [-0.25, -0.2) is 0 Å². The normalized spacial score (nSPS) is 20.3. The molecule has 2 heterocycles. The number of carbonyl (C=O) groups excluding carboxylic acids is 1. The molecule has 26 heavy (non-hydrogen) atoms. The molecule has 2 saturated heterocycles. The van der Waals surface area contributed by atoms with Gasteiger partial charge in [-0.1, -0.05) is 12.1 Å². The van der Waals surface area contributed by atoms with Gasteiger partial charge in [-0.2, -0.15) is 0 Å². The van der Waals surface area contributed by atoms with Crippen molar-refractivity contribution in [2.75, 3.05) is 39.3 Å². The first-order chi connectivity index (χ1) is 12.6. The maximum atomic E-state index is 11.8. The molecule has 1 aromatic rings. The van der Waals surface area contributed by atoms with Crippen LogP contribution in [0.5, 0.6) is 5.75 Å². The third-order valence-electron chi connectivity index (χ3n) is 5.88. The molecule has 1 aromatic carbocycles. The number of hydrogen-bond donors (Lipinski definition) is 1. The molecular weight excluding hydrogens is 326 g/mol. The number of hydrogen-bond acceptors (Lipinski definition) is 4. The number of amides is 1. The molecule has 144 valence electrons. The van der Waals surface area contributed by atoms with Crippen LogP contribution in [0.2, 0.25) is 0 Å². The molecular formula is C21H33N3O2. The highest BCUT2D eigenvalue weighted by Gasteiger charge is 2.26. The SMILES string of the molecule is Cc1ccc(C2CCN(C(=O)CN)CC2)c(OCC(C)N2CCCC2)c1. The van der Waals surface area contributed by atoms with Gasteiger partial charge in [0, 0.05) is 19.1 Å². The molecule has 2 N–H and O–H groups in total. The van der Waals surface area contributed by atoms with Crippen LogP contribution in [0, 0.1) is 6.92 Å². The predicted octanol–water partition coefficient (Wildman–Crippen LogP) is 2.52. The topological polar surface area (TPSA) is 58.8 Å². The highest BCUT2D eigenvalue weighted by Crippen LogP contribution is 2.35. The zero-order valence-corrected chi connectivity index (χ0v) is 16.2. The number of piperidine rings is 1. The quantitative estimate of drug-likeness (QED) is 0.848. The summed E-state index contributed by atoms with van der Waals surface area (Å²) in [5, 5.41) is 0. The van der Waals surface area contributed by atoms with E-state index in [0.29, 0.717) is 12.0 Å². The Balaban J connectivity index is 1.63. The van der Waals surface area contributed by atoms with E-state index in [-0.39, 0.29) is 12.5 Å². The van der Waals surface area contributed by atoms with Gasteiger partial charge >= 0.3 is 0 Å². The fourth-order valence-corrected chi connectivity index (χ4v) is 4.17. The summed E-state index contributed by atoms with van der Waals surface area (Å²) in [6.45, 7) is 9.19. The van der Waals surface area contributed by atoms with Gasteiger partial charge in [0.1, 0.15) is 12.4 Å². The van der Waals surface area contributed by atoms with E-state index in [1.807, 2.05) is 4.90 Å². The van der Waals surface area contributed by atoms with Crippen LogP contribution in [0.1, 0.15) is 49.7 Å². The number of likely N-dealkylation sites (tertiary alicyclic amines) is 2. The number of carbonyl (C=O) groups is 1. The fourth-order valence-electron chi connectivity index (χ4n) is 4.17. The van der Waals surface area contributed by atoms with Crippen molar-refractivity contribution in [1.82, 2.24) is 9.80 Å². The Labute approximate surface area is 157 Å². The molecule has 3 rings (SSSR count). The van der Waals surface area contributed by atoms with E-state index in [0.717, 1.165) is 38.3 Å². The summed E-state index contributed by atoms with van der Waals surface area (Å²) in [4.78, 5) is 16.2. The summed E-state index contributed by atoms with van der Waals surface area (Å²) < 4.78 is 6.30. The Bertz CT molecular complexity index is 605. The van der Waals surface area contributed by atoms with E-state index < -0.39 is 0 Å². The second kappa shape index (κ2) is 8.87. The van der Waals surface area contributed by atoms with E-state index >= 15 is 0 Å². The lowest BCUT2D eigenvalue weighted by Gasteiger charge is -2.33. The van der Waals surface area contributed by atoms with Crippen LogP contribution in [0.4, 0.5) is 0 Å². The number of nitrogens with two attached hydrogens (primary N) is 1. The zero-order valence-electron chi connectivity index (χ0n) is 16.2. The Hall–Kier alpha value is -1.59. The molecule has 2 aliphatic heterocycles. The van der Waals surface area contributed by atoms with Crippen molar-refractivity contribution in [2.45, 2.75) is 51.5 Å². The molecule has 0 radical (unpaired) electrons. The number of benzene rings is 1. The summed E-state index contributed by atoms with van der Waals surface area (Å²) in [6, 6.07) is 7.01. The lowest BCUT2D eigenvalue weighted by molar-refractivity contribution is -0.130. The number of nitrogens with zero attached hydrogens (tertiary/aromatic N) is 2. The Morgan fingerprint density at radius 1 is 1.23 bits per heavy atom. The zero-order chi connectivity index (χ0) is 18.5. The smallest absolute Gasteiger partial charge is 0.236 e. The van der Waals surface area contributed by atoms with Crippen LogP contribution in [0.3, 0.4) is 0 Å². The highest BCUT2D eigenvalue weighted by molar-refractivity contribution is 5.78. The standard InChI is InChI=1S/C21H33N3O2/c1-16-5-6-19(18-7-11-24(12-8-18)21(25)14-22)20(13-16)26-15-17(2)23-9-3-4-10-23/h5-6,13,17-18H,3-4,7-12,14-15,22H2,1-2H3. The van der Waals surface area contributed by atoms with Crippen molar-refractivity contribution < 1.29 is 9.53 Å². The molecule has 1 atom stereocenters. The van der Waals surface area contributed by atoms with Gasteiger partial charge in [0.05, 0.1) is 6.54 Å². The lowest BCUT2D eigenvalue weighted by Crippen LogP contribution is -2.41. The van der Waals surface area contributed by atoms with Crippen LogP contribution < -0.4 is 10.5 Å². The van der Waals surface area contributed by atoms with Crippen molar-refractivity contribution in [3.05, 3.63) is 29.3 Å². The van der Waals surface area contributed by atoms with Gasteiger partial charge in [0.25, 0.3) is 0 Å². The Morgan fingerprint density at radius 3 is 2.58 bits per heavy atom. The molecule has 1 unspecified atom stereocenters. The number of ether oxygens (including phenoxy) is 1. The average molecular weight is 360 g/mol. The van der Waals surface area contributed by atoms with E-state index in [1.165, 1.54) is 37.1 Å². The third-order valence-corrected chi connectivity index (χ3v) is 5.88. The molecule has 0 spiro atoms. The monoisotopic (exact) mass is 359 g/mol. The highest BCUT2D eigenvalue weighted by atomic mass is 16.5. The van der Waals surface area contributed by atoms with Gasteiger partial charge in [-0.05, 0) is 75.7 Å². The predicted molar refractivity (Wildman–Crippen MR) is 105 cm³/mol. The van der Waals surface area contributed by atoms with Crippen molar-refractivity contribution in [3.8, 4) is 5.75 Å². The van der Waals surface area contributed by atoms with Gasteiger partial charge in [0.2, 0.25) is 5.91 Å². The van der Waals surface area contributed by atoms with E-state index in [1.54, 1.807) is 0 Å². The minimum Gasteiger partial charge on any atom is -0.492 e. The summed E-state index contributed by atoms with van der Waals surface area (Å²) in [6.07, 6.45) is 4.57. The number of rotatable bonds is 6. The van der Waals surface area contributed by atoms with Crippen LogP contribution >= 0.6 is 0 Å². The Morgan fingerprint density at radius 2 is 1.92 bits per heavy atom. The first-order valence-electron chi connectivity index (χ1n) is 10.0. The number of aryl methyl sites for hydroxylation is 1. The minimum atomic E-state index is 0.0586. The summed E-state index contributed by atoms with van der Waals surface area (Å²) in [7, 11) is 0. The lowest BCUT2D eigenvalue weighted by atomic mass is 9.88. The Kier molecular flexibility index (Phi) is 6.54. The van der Waals surface area contributed by atoms with Crippen LogP contribution in [0.15, 0.2) is 18.2 Å². The van der Waals surface area contributed by atoms with Crippen LogP contribution in [-0.4, -0.2) is 61.1 Å². The van der Waals surface area contributed by atoms with Crippen molar-refractivity contribution in [1.29, 1.82) is 0 Å². The molecule has 1 amide bonds. The summed E-state index contributed by atoms with van der Waals surface area (Å²) >= 11 is 0. The molecule has 0 aromatic heterocycles. The molecule has 5 nitrogen and oxygen atoms in total. The van der Waals surface area contributed by atoms with Gasteiger partial charge < -0.3 is 15.4 Å². The van der Waals surface area contributed by atoms with E-state index in [4.69, 9.17) is 10.5 Å². The van der Waals surface area contributed by atoms with Crippen molar-refractivity contribution in [3.63, 3.8) is 0 Å². The second-order valence-electron chi connectivity index (χ2n) is 7.80. The van der Waals surface area contributed by atoms with E-state index in [9.17, 15) is 4.79 Å². The molecule has 0 bridgehead atoms. The molecule has 0 aliphatic carbocycles.